The summed E-state index contributed by atoms with van der Waals surface area (Å²) >= 11 is 5.84. The van der Waals surface area contributed by atoms with Crippen LogP contribution in [0.2, 0.25) is 5.02 Å². The maximum atomic E-state index is 12.0. The first-order valence-electron chi connectivity index (χ1n) is 6.95. The summed E-state index contributed by atoms with van der Waals surface area (Å²) in [7, 11) is 1.55. The zero-order chi connectivity index (χ0) is 16.1. The molecule has 0 saturated carbocycles. The van der Waals surface area contributed by atoms with Crippen LogP contribution in [-0.2, 0) is 19.1 Å². The number of carbonyl (C=O) groups is 2. The van der Waals surface area contributed by atoms with E-state index < -0.39 is 18.2 Å². The smallest absolute Gasteiger partial charge is 0.332 e. The van der Waals surface area contributed by atoms with E-state index in [1.54, 1.807) is 19.2 Å². The molecule has 1 aromatic rings. The molecule has 6 nitrogen and oxygen atoms in total. The van der Waals surface area contributed by atoms with Crippen LogP contribution in [0, 0.1) is 0 Å². The van der Waals surface area contributed by atoms with E-state index in [1.165, 1.54) is 0 Å². The van der Waals surface area contributed by atoms with Gasteiger partial charge in [0.05, 0.1) is 6.10 Å². The minimum atomic E-state index is -1.04. The monoisotopic (exact) mass is 327 g/mol. The number of methoxy groups -OCH3 is 1. The molecule has 2 rings (SSSR count). The number of rotatable bonds is 6. The quantitative estimate of drug-likeness (QED) is 0.832. The molecule has 120 valence electrons. The maximum absolute atomic E-state index is 12.0. The lowest BCUT2D eigenvalue weighted by Gasteiger charge is -2.18. The molecule has 1 fully saturated rings. The Labute approximate surface area is 133 Å². The number of carbonyl (C=O) groups excluding carboxylic acids is 1. The Morgan fingerprint density at radius 1 is 1.36 bits per heavy atom. The van der Waals surface area contributed by atoms with Crippen molar-refractivity contribution in [2.24, 2.45) is 0 Å². The van der Waals surface area contributed by atoms with Gasteiger partial charge in [0, 0.05) is 18.7 Å². The van der Waals surface area contributed by atoms with Crippen LogP contribution in [0.5, 0.6) is 0 Å². The molecule has 1 amide bonds. The first-order chi connectivity index (χ1) is 10.5. The molecule has 1 aliphatic heterocycles. The SMILES string of the molecule is COC(CNC(=O)[C@@H]1CC[C@H](C(=O)O)O1)c1ccc(Cl)cc1. The van der Waals surface area contributed by atoms with Crippen molar-refractivity contribution in [1.82, 2.24) is 5.32 Å². The van der Waals surface area contributed by atoms with E-state index in [4.69, 9.17) is 26.2 Å². The van der Waals surface area contributed by atoms with Gasteiger partial charge in [-0.25, -0.2) is 4.79 Å². The van der Waals surface area contributed by atoms with Gasteiger partial charge in [-0.05, 0) is 30.5 Å². The molecule has 7 heteroatoms. The van der Waals surface area contributed by atoms with Gasteiger partial charge in [0.2, 0.25) is 5.91 Å². The molecule has 1 aromatic carbocycles. The second kappa shape index (κ2) is 7.58. The fourth-order valence-corrected chi connectivity index (χ4v) is 2.46. The van der Waals surface area contributed by atoms with Gasteiger partial charge in [-0.2, -0.15) is 0 Å². The second-order valence-electron chi connectivity index (χ2n) is 5.05. The van der Waals surface area contributed by atoms with Gasteiger partial charge in [-0.1, -0.05) is 23.7 Å². The van der Waals surface area contributed by atoms with E-state index in [-0.39, 0.29) is 18.6 Å². The number of aliphatic carboxylic acids is 1. The second-order valence-corrected chi connectivity index (χ2v) is 5.49. The third kappa shape index (κ3) is 4.19. The summed E-state index contributed by atoms with van der Waals surface area (Å²) in [4.78, 5) is 22.8. The summed E-state index contributed by atoms with van der Waals surface area (Å²) in [6, 6.07) is 7.16. The predicted octanol–water partition coefficient (Wildman–Crippen LogP) is 1.78. The molecular weight excluding hydrogens is 310 g/mol. The van der Waals surface area contributed by atoms with Gasteiger partial charge in [0.15, 0.2) is 6.10 Å². The third-order valence-electron chi connectivity index (χ3n) is 3.58. The number of ether oxygens (including phenoxy) is 2. The highest BCUT2D eigenvalue weighted by atomic mass is 35.5. The Hall–Kier alpha value is -1.63. The van der Waals surface area contributed by atoms with E-state index >= 15 is 0 Å². The third-order valence-corrected chi connectivity index (χ3v) is 3.83. The molecule has 1 heterocycles. The van der Waals surface area contributed by atoms with Crippen molar-refractivity contribution in [3.05, 3.63) is 34.9 Å². The zero-order valence-corrected chi connectivity index (χ0v) is 12.9. The number of amides is 1. The van der Waals surface area contributed by atoms with Gasteiger partial charge < -0.3 is 19.9 Å². The highest BCUT2D eigenvalue weighted by Gasteiger charge is 2.34. The molecule has 1 unspecified atom stereocenters. The van der Waals surface area contributed by atoms with Crippen LogP contribution in [0.4, 0.5) is 0 Å². The molecule has 0 aliphatic carbocycles. The van der Waals surface area contributed by atoms with Crippen molar-refractivity contribution in [2.75, 3.05) is 13.7 Å². The Morgan fingerprint density at radius 3 is 2.55 bits per heavy atom. The van der Waals surface area contributed by atoms with Gasteiger partial charge in [0.1, 0.15) is 6.10 Å². The van der Waals surface area contributed by atoms with E-state index in [1.807, 2.05) is 12.1 Å². The fraction of sp³-hybridized carbons (Fsp3) is 0.467. The van der Waals surface area contributed by atoms with Crippen LogP contribution in [0.1, 0.15) is 24.5 Å². The number of carboxylic acid groups (broad SMARTS) is 1. The molecule has 22 heavy (non-hydrogen) atoms. The van der Waals surface area contributed by atoms with Gasteiger partial charge >= 0.3 is 5.97 Å². The predicted molar refractivity (Wildman–Crippen MR) is 79.7 cm³/mol. The molecule has 3 atom stereocenters. The van der Waals surface area contributed by atoms with E-state index in [2.05, 4.69) is 5.32 Å². The van der Waals surface area contributed by atoms with Crippen molar-refractivity contribution in [3.8, 4) is 0 Å². The highest BCUT2D eigenvalue weighted by Crippen LogP contribution is 2.21. The van der Waals surface area contributed by atoms with Crippen LogP contribution in [0.25, 0.3) is 0 Å². The molecule has 1 saturated heterocycles. The maximum Gasteiger partial charge on any atom is 0.332 e. The molecule has 0 spiro atoms. The van der Waals surface area contributed by atoms with Crippen LogP contribution in [0.15, 0.2) is 24.3 Å². The number of hydrogen-bond donors (Lipinski definition) is 2. The number of benzene rings is 1. The van der Waals surface area contributed by atoms with E-state index in [0.29, 0.717) is 17.9 Å². The van der Waals surface area contributed by atoms with Gasteiger partial charge in [-0.3, -0.25) is 4.79 Å². The number of nitrogens with one attached hydrogen (secondary N) is 1. The van der Waals surface area contributed by atoms with Crippen LogP contribution in [-0.4, -0.2) is 42.8 Å². The lowest BCUT2D eigenvalue weighted by atomic mass is 10.1. The molecular formula is C15H18ClNO5. The Balaban J connectivity index is 1.87. The normalized spacial score (nSPS) is 22.3. The van der Waals surface area contributed by atoms with Gasteiger partial charge in [0.25, 0.3) is 0 Å². The van der Waals surface area contributed by atoms with Crippen molar-refractivity contribution < 1.29 is 24.2 Å². The molecule has 0 bridgehead atoms. The van der Waals surface area contributed by atoms with Crippen molar-refractivity contribution >= 4 is 23.5 Å². The zero-order valence-electron chi connectivity index (χ0n) is 12.1. The van der Waals surface area contributed by atoms with Gasteiger partial charge in [-0.15, -0.1) is 0 Å². The largest absolute Gasteiger partial charge is 0.479 e. The summed E-state index contributed by atoms with van der Waals surface area (Å²) < 4.78 is 10.6. The Bertz CT molecular complexity index is 533. The first kappa shape index (κ1) is 16.7. The number of carboxylic acids is 1. The molecule has 0 radical (unpaired) electrons. The van der Waals surface area contributed by atoms with Crippen molar-refractivity contribution in [1.29, 1.82) is 0 Å². The minimum Gasteiger partial charge on any atom is -0.479 e. The van der Waals surface area contributed by atoms with E-state index in [0.717, 1.165) is 5.56 Å². The summed E-state index contributed by atoms with van der Waals surface area (Å²) in [5, 5.41) is 12.2. The van der Waals surface area contributed by atoms with Crippen molar-refractivity contribution in [2.45, 2.75) is 31.2 Å². The Kier molecular flexibility index (Phi) is 5.76. The average Bonchev–Trinajstić information content (AvgIpc) is 2.99. The van der Waals surface area contributed by atoms with Crippen LogP contribution < -0.4 is 5.32 Å². The average molecular weight is 328 g/mol. The minimum absolute atomic E-state index is 0.272. The number of hydrogen-bond acceptors (Lipinski definition) is 4. The summed E-state index contributed by atoms with van der Waals surface area (Å²) in [5.74, 6) is -1.36. The first-order valence-corrected chi connectivity index (χ1v) is 7.33. The molecule has 0 aromatic heterocycles. The summed E-state index contributed by atoms with van der Waals surface area (Å²) in [5.41, 5.74) is 0.892. The summed E-state index contributed by atoms with van der Waals surface area (Å²) in [6.45, 7) is 0.272. The van der Waals surface area contributed by atoms with Crippen LogP contribution >= 0.6 is 11.6 Å². The highest BCUT2D eigenvalue weighted by molar-refractivity contribution is 6.30. The lowest BCUT2D eigenvalue weighted by Crippen LogP contribution is -2.38. The lowest BCUT2D eigenvalue weighted by molar-refractivity contribution is -0.151. The topological polar surface area (TPSA) is 84.9 Å². The molecule has 1 aliphatic rings. The van der Waals surface area contributed by atoms with E-state index in [9.17, 15) is 9.59 Å². The fourth-order valence-electron chi connectivity index (χ4n) is 2.33. The summed E-state index contributed by atoms with van der Waals surface area (Å²) in [6.07, 6.45) is -1.17. The molecule has 2 N–H and O–H groups in total. The Morgan fingerprint density at radius 2 is 2.00 bits per heavy atom. The van der Waals surface area contributed by atoms with Crippen LogP contribution in [0.3, 0.4) is 0 Å². The number of halogens is 1. The van der Waals surface area contributed by atoms with Crippen molar-refractivity contribution in [3.63, 3.8) is 0 Å². The standard InChI is InChI=1S/C15H18ClNO5/c1-21-13(9-2-4-10(16)5-3-9)8-17-14(18)11-6-7-12(22-11)15(19)20/h2-5,11-13H,6-8H2,1H3,(H,17,18)(H,19,20)/t11-,12+,13?/m0/s1.